The van der Waals surface area contributed by atoms with E-state index in [1.54, 1.807) is 0 Å². The van der Waals surface area contributed by atoms with E-state index < -0.39 is 0 Å². The molecule has 2 bridgehead atoms. The average Bonchev–Trinajstić information content (AvgIpc) is 2.94. The first-order valence-electron chi connectivity index (χ1n) is 6.87. The molecule has 0 heterocycles. The van der Waals surface area contributed by atoms with Crippen LogP contribution in [0.5, 0.6) is 0 Å². The Morgan fingerprint density at radius 1 is 1.28 bits per heavy atom. The van der Waals surface area contributed by atoms with Crippen molar-refractivity contribution >= 4 is 27.5 Å². The zero-order valence-electron chi connectivity index (χ0n) is 10.5. The van der Waals surface area contributed by atoms with Crippen molar-refractivity contribution in [3.8, 4) is 0 Å². The molecule has 1 aromatic rings. The van der Waals surface area contributed by atoms with Crippen molar-refractivity contribution < 1.29 is 0 Å². The topological polar surface area (TPSA) is 12.0 Å². The maximum atomic E-state index is 6.22. The molecular weight excluding hydrogens is 310 g/mol. The minimum absolute atomic E-state index is 0.852. The van der Waals surface area contributed by atoms with Crippen molar-refractivity contribution in [1.82, 2.24) is 5.32 Å². The van der Waals surface area contributed by atoms with E-state index in [1.165, 1.54) is 31.2 Å². The highest BCUT2D eigenvalue weighted by atomic mass is 79.9. The third-order valence-corrected chi connectivity index (χ3v) is 5.47. The largest absolute Gasteiger partial charge is 0.312 e. The van der Waals surface area contributed by atoms with Crippen LogP contribution in [0.4, 0.5) is 0 Å². The number of nitrogens with one attached hydrogen (secondary N) is 1. The molecular formula is C15H19BrClN. The lowest BCUT2D eigenvalue weighted by Gasteiger charge is -2.22. The smallest absolute Gasteiger partial charge is 0.0462 e. The Bertz CT molecular complexity index is 435. The van der Waals surface area contributed by atoms with Crippen LogP contribution in [0.2, 0.25) is 5.02 Å². The Balaban J connectivity index is 1.50. The average molecular weight is 329 g/mol. The molecule has 0 aliphatic heterocycles. The number of hydrogen-bond donors (Lipinski definition) is 1. The summed E-state index contributed by atoms with van der Waals surface area (Å²) in [7, 11) is 0. The van der Waals surface area contributed by atoms with Gasteiger partial charge in [-0.15, -0.1) is 0 Å². The molecule has 2 aliphatic carbocycles. The van der Waals surface area contributed by atoms with Gasteiger partial charge < -0.3 is 5.32 Å². The van der Waals surface area contributed by atoms with E-state index in [2.05, 4.69) is 33.4 Å². The van der Waals surface area contributed by atoms with Gasteiger partial charge in [-0.3, -0.25) is 0 Å². The van der Waals surface area contributed by atoms with Gasteiger partial charge in [0, 0.05) is 16.0 Å². The summed E-state index contributed by atoms with van der Waals surface area (Å²) >= 11 is 9.65. The number of benzene rings is 1. The standard InChI is InChI=1S/C15H19BrClN/c16-14-4-3-12(15(17)7-14)8-18-9-13-6-10-1-2-11(13)5-10/h3-4,7,10-11,13,18H,1-2,5-6,8-9H2. The van der Waals surface area contributed by atoms with Gasteiger partial charge in [-0.2, -0.15) is 0 Å². The van der Waals surface area contributed by atoms with Gasteiger partial charge in [-0.25, -0.2) is 0 Å². The Morgan fingerprint density at radius 3 is 2.83 bits per heavy atom. The van der Waals surface area contributed by atoms with Crippen molar-refractivity contribution in [3.63, 3.8) is 0 Å². The quantitative estimate of drug-likeness (QED) is 0.850. The summed E-state index contributed by atoms with van der Waals surface area (Å²) < 4.78 is 1.05. The highest BCUT2D eigenvalue weighted by Gasteiger charge is 2.38. The lowest BCUT2D eigenvalue weighted by Crippen LogP contribution is -2.26. The normalized spacial score (nSPS) is 30.0. The molecule has 3 unspecified atom stereocenters. The highest BCUT2D eigenvalue weighted by Crippen LogP contribution is 2.47. The first kappa shape index (κ1) is 13.0. The van der Waals surface area contributed by atoms with Gasteiger partial charge in [0.15, 0.2) is 0 Å². The molecule has 3 atom stereocenters. The van der Waals surface area contributed by atoms with E-state index in [1.807, 2.05) is 6.07 Å². The van der Waals surface area contributed by atoms with E-state index in [0.29, 0.717) is 0 Å². The summed E-state index contributed by atoms with van der Waals surface area (Å²) in [6.45, 7) is 2.05. The molecule has 3 heteroatoms. The molecule has 1 nitrogen and oxygen atoms in total. The zero-order chi connectivity index (χ0) is 12.5. The summed E-state index contributed by atoms with van der Waals surface area (Å²) in [5.74, 6) is 2.96. The molecule has 3 rings (SSSR count). The van der Waals surface area contributed by atoms with Gasteiger partial charge in [0.1, 0.15) is 0 Å². The van der Waals surface area contributed by atoms with Crippen LogP contribution in [-0.4, -0.2) is 6.54 Å². The van der Waals surface area contributed by atoms with Gasteiger partial charge in [-0.1, -0.05) is 40.0 Å². The van der Waals surface area contributed by atoms with Crippen LogP contribution >= 0.6 is 27.5 Å². The van der Waals surface area contributed by atoms with Crippen LogP contribution in [-0.2, 0) is 6.54 Å². The predicted molar refractivity (Wildman–Crippen MR) is 79.8 cm³/mol. The van der Waals surface area contributed by atoms with Crippen LogP contribution in [0.15, 0.2) is 22.7 Å². The molecule has 18 heavy (non-hydrogen) atoms. The second-order valence-electron chi connectivity index (χ2n) is 5.80. The van der Waals surface area contributed by atoms with Crippen LogP contribution < -0.4 is 5.32 Å². The summed E-state index contributed by atoms with van der Waals surface area (Å²) in [5.41, 5.74) is 1.20. The molecule has 2 aliphatic rings. The van der Waals surface area contributed by atoms with Crippen LogP contribution in [0.25, 0.3) is 0 Å². The molecule has 98 valence electrons. The second kappa shape index (κ2) is 5.52. The Morgan fingerprint density at radius 2 is 2.17 bits per heavy atom. The van der Waals surface area contributed by atoms with Crippen molar-refractivity contribution in [2.24, 2.45) is 17.8 Å². The predicted octanol–water partition coefficient (Wildman–Crippen LogP) is 4.63. The Hall–Kier alpha value is -0.0500. The molecule has 0 radical (unpaired) electrons. The lowest BCUT2D eigenvalue weighted by molar-refractivity contribution is 0.318. The fourth-order valence-corrected chi connectivity index (χ4v) is 4.42. The van der Waals surface area contributed by atoms with Crippen LogP contribution in [0.1, 0.15) is 31.2 Å². The zero-order valence-corrected chi connectivity index (χ0v) is 12.8. The summed E-state index contributed by atoms with van der Waals surface area (Å²) in [5, 5.41) is 4.44. The number of hydrogen-bond acceptors (Lipinski definition) is 1. The van der Waals surface area contributed by atoms with E-state index in [9.17, 15) is 0 Å². The van der Waals surface area contributed by atoms with Crippen LogP contribution in [0.3, 0.4) is 0 Å². The van der Waals surface area contributed by atoms with E-state index in [0.717, 1.165) is 40.3 Å². The minimum Gasteiger partial charge on any atom is -0.312 e. The van der Waals surface area contributed by atoms with Gasteiger partial charge in [-0.05, 0) is 61.3 Å². The van der Waals surface area contributed by atoms with Gasteiger partial charge >= 0.3 is 0 Å². The first-order chi connectivity index (χ1) is 8.72. The van der Waals surface area contributed by atoms with E-state index in [-0.39, 0.29) is 0 Å². The van der Waals surface area contributed by atoms with Crippen molar-refractivity contribution in [2.75, 3.05) is 6.54 Å². The van der Waals surface area contributed by atoms with Gasteiger partial charge in [0.2, 0.25) is 0 Å². The fourth-order valence-electron chi connectivity index (χ4n) is 3.68. The highest BCUT2D eigenvalue weighted by molar-refractivity contribution is 9.10. The fraction of sp³-hybridized carbons (Fsp3) is 0.600. The minimum atomic E-state index is 0.852. The van der Waals surface area contributed by atoms with Crippen molar-refractivity contribution in [3.05, 3.63) is 33.3 Å². The maximum absolute atomic E-state index is 6.22. The van der Waals surface area contributed by atoms with E-state index in [4.69, 9.17) is 11.6 Å². The second-order valence-corrected chi connectivity index (χ2v) is 7.12. The van der Waals surface area contributed by atoms with Crippen molar-refractivity contribution in [2.45, 2.75) is 32.2 Å². The van der Waals surface area contributed by atoms with Gasteiger partial charge in [0.05, 0.1) is 0 Å². The molecule has 0 amide bonds. The van der Waals surface area contributed by atoms with Crippen LogP contribution in [0, 0.1) is 17.8 Å². The molecule has 0 spiro atoms. The lowest BCUT2D eigenvalue weighted by atomic mass is 9.89. The molecule has 1 aromatic carbocycles. The van der Waals surface area contributed by atoms with E-state index >= 15 is 0 Å². The Kier molecular flexibility index (Phi) is 3.97. The molecule has 0 aromatic heterocycles. The number of rotatable bonds is 4. The molecule has 2 fully saturated rings. The third kappa shape index (κ3) is 2.76. The monoisotopic (exact) mass is 327 g/mol. The first-order valence-corrected chi connectivity index (χ1v) is 8.04. The third-order valence-electron chi connectivity index (χ3n) is 4.62. The summed E-state index contributed by atoms with van der Waals surface area (Å²) in [6.07, 6.45) is 5.90. The Labute approximate surface area is 122 Å². The number of halogens is 2. The summed E-state index contributed by atoms with van der Waals surface area (Å²) in [6, 6.07) is 6.12. The molecule has 0 saturated heterocycles. The van der Waals surface area contributed by atoms with Gasteiger partial charge in [0.25, 0.3) is 0 Å². The maximum Gasteiger partial charge on any atom is 0.0462 e. The molecule has 1 N–H and O–H groups in total. The summed E-state index contributed by atoms with van der Waals surface area (Å²) in [4.78, 5) is 0. The van der Waals surface area contributed by atoms with Crippen molar-refractivity contribution in [1.29, 1.82) is 0 Å². The molecule has 2 saturated carbocycles. The number of fused-ring (bicyclic) bond motifs is 2. The SMILES string of the molecule is Clc1cc(Br)ccc1CNCC1CC2CCC1C2.